The van der Waals surface area contributed by atoms with Crippen molar-refractivity contribution in [1.29, 1.82) is 0 Å². The summed E-state index contributed by atoms with van der Waals surface area (Å²) < 4.78 is 5.14. The minimum absolute atomic E-state index is 0.184. The molecule has 0 saturated heterocycles. The van der Waals surface area contributed by atoms with E-state index in [1.807, 2.05) is 48.5 Å². The van der Waals surface area contributed by atoms with Gasteiger partial charge in [0.15, 0.2) is 0 Å². The number of methoxy groups -OCH3 is 1. The van der Waals surface area contributed by atoms with Crippen LogP contribution >= 0.6 is 0 Å². The van der Waals surface area contributed by atoms with Crippen LogP contribution in [0.15, 0.2) is 53.6 Å². The van der Waals surface area contributed by atoms with Gasteiger partial charge in [-0.05, 0) is 67.1 Å². The third kappa shape index (κ3) is 3.53. The summed E-state index contributed by atoms with van der Waals surface area (Å²) in [6, 6.07) is 15.3. The van der Waals surface area contributed by atoms with Crippen LogP contribution in [0, 0.1) is 0 Å². The predicted octanol–water partition coefficient (Wildman–Crippen LogP) is 3.89. The van der Waals surface area contributed by atoms with Gasteiger partial charge in [-0.1, -0.05) is 18.2 Å². The molecule has 0 aliphatic heterocycles. The topological polar surface area (TPSA) is 63.6 Å². The van der Waals surface area contributed by atoms with Crippen molar-refractivity contribution >= 4 is 23.0 Å². The molecule has 1 aromatic heterocycles. The molecular formula is C22H21N3O2. The van der Waals surface area contributed by atoms with Crippen molar-refractivity contribution < 1.29 is 9.53 Å². The maximum atomic E-state index is 12.9. The Morgan fingerprint density at radius 1 is 1.11 bits per heavy atom. The second-order valence-electron chi connectivity index (χ2n) is 6.61. The van der Waals surface area contributed by atoms with Gasteiger partial charge in [0, 0.05) is 11.1 Å². The molecule has 0 atom stereocenters. The fourth-order valence-electron chi connectivity index (χ4n) is 3.54. The third-order valence-electron chi connectivity index (χ3n) is 4.89. The molecule has 0 bridgehead atoms. The largest absolute Gasteiger partial charge is 0.497 e. The van der Waals surface area contributed by atoms with Gasteiger partial charge in [0.1, 0.15) is 5.75 Å². The average molecular weight is 359 g/mol. The molecule has 0 unspecified atom stereocenters. The number of hydrogen-bond donors (Lipinski definition) is 1. The quantitative estimate of drug-likeness (QED) is 0.568. The number of rotatable bonds is 4. The molecule has 5 nitrogen and oxygen atoms in total. The number of fused-ring (bicyclic) bond motifs is 2. The highest BCUT2D eigenvalue weighted by Gasteiger charge is 2.22. The lowest BCUT2D eigenvalue weighted by Crippen LogP contribution is -2.22. The zero-order valence-corrected chi connectivity index (χ0v) is 15.2. The van der Waals surface area contributed by atoms with Crippen LogP contribution in [-0.4, -0.2) is 24.2 Å². The highest BCUT2D eigenvalue weighted by atomic mass is 16.5. The van der Waals surface area contributed by atoms with E-state index in [1.54, 1.807) is 13.3 Å². The fourth-order valence-corrected chi connectivity index (χ4v) is 3.54. The minimum Gasteiger partial charge on any atom is -0.497 e. The molecular weight excluding hydrogens is 338 g/mol. The van der Waals surface area contributed by atoms with Crippen molar-refractivity contribution in [2.75, 3.05) is 7.11 Å². The van der Waals surface area contributed by atoms with E-state index in [-0.39, 0.29) is 5.91 Å². The molecule has 4 rings (SSSR count). The lowest BCUT2D eigenvalue weighted by Gasteiger charge is -2.19. The Kier molecular flexibility index (Phi) is 4.83. The number of hydrazone groups is 1. The number of nitrogens with zero attached hydrogens (tertiary/aromatic N) is 2. The summed E-state index contributed by atoms with van der Waals surface area (Å²) in [7, 11) is 1.63. The molecule has 1 aliphatic carbocycles. The van der Waals surface area contributed by atoms with E-state index < -0.39 is 0 Å². The van der Waals surface area contributed by atoms with Crippen LogP contribution in [0.1, 0.15) is 40.0 Å². The molecule has 3 aromatic rings. The third-order valence-corrected chi connectivity index (χ3v) is 4.89. The number of para-hydroxylation sites is 1. The van der Waals surface area contributed by atoms with Gasteiger partial charge >= 0.3 is 0 Å². The number of amides is 1. The molecule has 5 heteroatoms. The fraction of sp³-hybridized carbons (Fsp3) is 0.227. The van der Waals surface area contributed by atoms with E-state index >= 15 is 0 Å². The summed E-state index contributed by atoms with van der Waals surface area (Å²) in [5.74, 6) is 0.600. The van der Waals surface area contributed by atoms with Crippen LogP contribution in [0.2, 0.25) is 0 Å². The monoisotopic (exact) mass is 359 g/mol. The molecule has 0 fully saturated rings. The summed E-state index contributed by atoms with van der Waals surface area (Å²) in [4.78, 5) is 17.7. The normalized spacial score (nSPS) is 13.5. The Balaban J connectivity index is 1.63. The maximum absolute atomic E-state index is 12.9. The molecule has 1 heterocycles. The molecule has 0 radical (unpaired) electrons. The second kappa shape index (κ2) is 7.58. The Hall–Kier alpha value is -3.21. The molecule has 2 aromatic carbocycles. The van der Waals surface area contributed by atoms with Crippen molar-refractivity contribution in [3.8, 4) is 5.75 Å². The van der Waals surface area contributed by atoms with Crippen molar-refractivity contribution in [3.63, 3.8) is 0 Å². The van der Waals surface area contributed by atoms with E-state index in [0.29, 0.717) is 5.56 Å². The standard InChI is InChI=1S/C22H21N3O2/c1-27-16-12-10-15(11-13-16)14-23-25-22(26)21-17-6-2-4-8-19(17)24-20-9-5-3-7-18(20)21/h2,4,6,8,10-14H,3,5,7,9H2,1H3,(H,25,26)/b23-14-. The van der Waals surface area contributed by atoms with Crippen LogP contribution in [0.4, 0.5) is 0 Å². The van der Waals surface area contributed by atoms with Crippen molar-refractivity contribution in [3.05, 3.63) is 70.9 Å². The first-order valence-corrected chi connectivity index (χ1v) is 9.14. The molecule has 1 aliphatic rings. The van der Waals surface area contributed by atoms with E-state index in [4.69, 9.17) is 9.72 Å². The number of ether oxygens (including phenoxy) is 1. The molecule has 136 valence electrons. The van der Waals surface area contributed by atoms with Gasteiger partial charge in [0.05, 0.1) is 24.4 Å². The number of hydrogen-bond acceptors (Lipinski definition) is 4. The predicted molar refractivity (Wildman–Crippen MR) is 106 cm³/mol. The highest BCUT2D eigenvalue weighted by molar-refractivity contribution is 6.07. The molecule has 0 spiro atoms. The van der Waals surface area contributed by atoms with Gasteiger partial charge in [-0.2, -0.15) is 5.10 Å². The van der Waals surface area contributed by atoms with Gasteiger partial charge in [-0.25, -0.2) is 5.43 Å². The number of nitrogens with one attached hydrogen (secondary N) is 1. The van der Waals surface area contributed by atoms with Crippen LogP contribution in [-0.2, 0) is 12.8 Å². The van der Waals surface area contributed by atoms with E-state index in [0.717, 1.165) is 59.2 Å². The summed E-state index contributed by atoms with van der Waals surface area (Å²) in [5.41, 5.74) is 7.26. The first-order valence-electron chi connectivity index (χ1n) is 9.14. The summed E-state index contributed by atoms with van der Waals surface area (Å²) in [5, 5.41) is 5.03. The summed E-state index contributed by atoms with van der Waals surface area (Å²) in [6.07, 6.45) is 5.65. The zero-order chi connectivity index (χ0) is 18.6. The average Bonchev–Trinajstić information content (AvgIpc) is 2.72. The molecule has 27 heavy (non-hydrogen) atoms. The Morgan fingerprint density at radius 3 is 2.70 bits per heavy atom. The van der Waals surface area contributed by atoms with Gasteiger partial charge < -0.3 is 4.74 Å². The number of aromatic nitrogens is 1. The number of pyridine rings is 1. The first-order chi connectivity index (χ1) is 13.3. The summed E-state index contributed by atoms with van der Waals surface area (Å²) in [6.45, 7) is 0. The highest BCUT2D eigenvalue weighted by Crippen LogP contribution is 2.29. The van der Waals surface area contributed by atoms with Crippen LogP contribution in [0.5, 0.6) is 5.75 Å². The Morgan fingerprint density at radius 2 is 1.89 bits per heavy atom. The van der Waals surface area contributed by atoms with Gasteiger partial charge in [-0.3, -0.25) is 9.78 Å². The van der Waals surface area contributed by atoms with Gasteiger partial charge in [-0.15, -0.1) is 0 Å². The second-order valence-corrected chi connectivity index (χ2v) is 6.61. The number of carbonyl (C=O) groups is 1. The van der Waals surface area contributed by atoms with Crippen molar-refractivity contribution in [2.24, 2.45) is 5.10 Å². The van der Waals surface area contributed by atoms with E-state index in [9.17, 15) is 4.79 Å². The van der Waals surface area contributed by atoms with Crippen molar-refractivity contribution in [2.45, 2.75) is 25.7 Å². The van der Waals surface area contributed by atoms with Gasteiger partial charge in [0.25, 0.3) is 5.91 Å². The van der Waals surface area contributed by atoms with E-state index in [1.165, 1.54) is 0 Å². The minimum atomic E-state index is -0.184. The lowest BCUT2D eigenvalue weighted by molar-refractivity contribution is 0.0955. The van der Waals surface area contributed by atoms with Crippen LogP contribution < -0.4 is 10.2 Å². The molecule has 0 saturated carbocycles. The molecule has 1 N–H and O–H groups in total. The smallest absolute Gasteiger partial charge is 0.272 e. The Labute approximate surface area is 158 Å². The van der Waals surface area contributed by atoms with Gasteiger partial charge in [0.2, 0.25) is 0 Å². The maximum Gasteiger partial charge on any atom is 0.272 e. The summed E-state index contributed by atoms with van der Waals surface area (Å²) >= 11 is 0. The SMILES string of the molecule is COc1ccc(/C=N\NC(=O)c2c3c(nc4ccccc24)CCCC3)cc1. The van der Waals surface area contributed by atoms with E-state index in [2.05, 4.69) is 10.5 Å². The number of carbonyl (C=O) groups excluding carboxylic acids is 1. The first kappa shape index (κ1) is 17.2. The molecule has 1 amide bonds. The Bertz CT molecular complexity index is 1010. The van der Waals surface area contributed by atoms with Crippen LogP contribution in [0.3, 0.4) is 0 Å². The van der Waals surface area contributed by atoms with Crippen molar-refractivity contribution in [1.82, 2.24) is 10.4 Å². The zero-order valence-electron chi connectivity index (χ0n) is 15.2. The number of benzene rings is 2. The lowest BCUT2D eigenvalue weighted by atomic mass is 9.89. The van der Waals surface area contributed by atoms with Crippen LogP contribution in [0.25, 0.3) is 10.9 Å². The number of aryl methyl sites for hydroxylation is 1.